The molecule has 0 aromatic heterocycles. The number of nitrogens with zero attached hydrogens (tertiary/aromatic N) is 1. The molecule has 10 heteroatoms. The van der Waals surface area contributed by atoms with Crippen LogP contribution in [0.1, 0.15) is 151 Å². The molecule has 1 aliphatic heterocycles. The molecule has 0 radical (unpaired) electrons. The molecule has 0 aliphatic carbocycles. The van der Waals surface area contributed by atoms with Crippen molar-refractivity contribution in [2.45, 2.75) is 175 Å². The Balaban J connectivity index is 2.33. The summed E-state index contributed by atoms with van der Waals surface area (Å²) in [6.45, 7) is 12.0. The molecule has 4 N–H and O–H groups in total. The number of carbonyl (C=O) groups excluding carboxylic acids is 5. The Labute approximate surface area is 285 Å². The minimum atomic E-state index is -0.866. The molecule has 0 aromatic carbocycles. The Kier molecular flexibility index (Phi) is 22.5. The average molecular weight is 662 g/mol. The van der Waals surface area contributed by atoms with E-state index in [0.29, 0.717) is 32.4 Å². The number of hydrogen-bond acceptors (Lipinski definition) is 5. The van der Waals surface area contributed by atoms with Gasteiger partial charge in [-0.05, 0) is 71.1 Å². The van der Waals surface area contributed by atoms with Gasteiger partial charge in [-0.3, -0.25) is 24.0 Å². The van der Waals surface area contributed by atoms with Crippen molar-refractivity contribution in [3.05, 3.63) is 12.2 Å². The predicted molar refractivity (Wildman–Crippen MR) is 189 cm³/mol. The number of likely N-dealkylation sites (tertiary alicyclic amines) is 1. The highest BCUT2D eigenvalue weighted by molar-refractivity contribution is 5.95. The molecule has 47 heavy (non-hydrogen) atoms. The zero-order valence-electron chi connectivity index (χ0n) is 30.5. The molecule has 1 rings (SSSR count). The molecule has 0 unspecified atom stereocenters. The third-order valence-electron chi connectivity index (χ3n) is 8.80. The van der Waals surface area contributed by atoms with Gasteiger partial charge in [0.1, 0.15) is 24.2 Å². The standard InChI is InChI=1S/C37H67N5O5/c1-7-9-10-11-12-13-14-15-16-17-18-19-20-21-22-25-32(43)39-29(5)34(44)40-30(6)37(47)42-27-23-24-31(42)35(45)41-33(28(3)4)36(46)38-26-8-2/h15-16,28-31,33H,7-14,17-27H2,1-6H3,(H,38,46)(H,39,43)(H,40,44)(H,41,45)/t29-,30-,31-,33-/m0/s1. The normalized spacial score (nSPS) is 16.6. The van der Waals surface area contributed by atoms with Crippen LogP contribution in [0.25, 0.3) is 0 Å². The molecule has 1 saturated heterocycles. The average Bonchev–Trinajstić information content (AvgIpc) is 3.53. The van der Waals surface area contributed by atoms with Crippen LogP contribution in [0.5, 0.6) is 0 Å². The van der Waals surface area contributed by atoms with Gasteiger partial charge in [0.25, 0.3) is 0 Å². The topological polar surface area (TPSA) is 137 Å². The number of amides is 5. The Morgan fingerprint density at radius 3 is 1.89 bits per heavy atom. The van der Waals surface area contributed by atoms with E-state index in [2.05, 4.69) is 40.3 Å². The van der Waals surface area contributed by atoms with Gasteiger partial charge in [0.05, 0.1) is 0 Å². The molecule has 270 valence electrons. The van der Waals surface area contributed by atoms with Gasteiger partial charge in [-0.2, -0.15) is 0 Å². The highest BCUT2D eigenvalue weighted by atomic mass is 16.2. The largest absolute Gasteiger partial charge is 0.354 e. The van der Waals surface area contributed by atoms with E-state index in [-0.39, 0.29) is 29.5 Å². The molecule has 5 amide bonds. The fourth-order valence-electron chi connectivity index (χ4n) is 5.83. The van der Waals surface area contributed by atoms with E-state index in [1.54, 1.807) is 13.8 Å². The lowest BCUT2D eigenvalue weighted by molar-refractivity contribution is -0.142. The smallest absolute Gasteiger partial charge is 0.245 e. The van der Waals surface area contributed by atoms with Gasteiger partial charge in [0, 0.05) is 19.5 Å². The molecule has 1 fully saturated rings. The van der Waals surface area contributed by atoms with Crippen molar-refractivity contribution in [2.24, 2.45) is 5.92 Å². The molecular weight excluding hydrogens is 594 g/mol. The van der Waals surface area contributed by atoms with Crippen molar-refractivity contribution in [3.63, 3.8) is 0 Å². The fraction of sp³-hybridized carbons (Fsp3) is 0.811. The van der Waals surface area contributed by atoms with Crippen LogP contribution in [-0.4, -0.2) is 71.7 Å². The molecule has 1 aliphatic rings. The minimum absolute atomic E-state index is 0.117. The summed E-state index contributed by atoms with van der Waals surface area (Å²) in [4.78, 5) is 65.7. The van der Waals surface area contributed by atoms with Gasteiger partial charge in [-0.15, -0.1) is 0 Å². The van der Waals surface area contributed by atoms with Crippen LogP contribution in [0.4, 0.5) is 0 Å². The van der Waals surface area contributed by atoms with Gasteiger partial charge in [-0.1, -0.05) is 91.2 Å². The van der Waals surface area contributed by atoms with Gasteiger partial charge in [0.2, 0.25) is 29.5 Å². The highest BCUT2D eigenvalue weighted by Crippen LogP contribution is 2.19. The van der Waals surface area contributed by atoms with Gasteiger partial charge in [0.15, 0.2) is 0 Å². The molecule has 1 heterocycles. The first-order valence-corrected chi connectivity index (χ1v) is 18.7. The highest BCUT2D eigenvalue weighted by Gasteiger charge is 2.38. The number of allylic oxidation sites excluding steroid dienone is 2. The van der Waals surface area contributed by atoms with Crippen LogP contribution >= 0.6 is 0 Å². The SMILES string of the molecule is CCCCCCCCC=CCCCCCCCC(=O)N[C@@H](C)C(=O)N[C@@H](C)C(=O)N1CCC[C@H]1C(=O)N[C@H](C(=O)NCCC)C(C)C. The van der Waals surface area contributed by atoms with E-state index in [9.17, 15) is 24.0 Å². The maximum Gasteiger partial charge on any atom is 0.245 e. The van der Waals surface area contributed by atoms with Crippen molar-refractivity contribution in [3.8, 4) is 0 Å². The van der Waals surface area contributed by atoms with Crippen molar-refractivity contribution in [1.29, 1.82) is 0 Å². The number of unbranched alkanes of at least 4 members (excludes halogenated alkanes) is 11. The Morgan fingerprint density at radius 2 is 1.30 bits per heavy atom. The third kappa shape index (κ3) is 17.7. The number of hydrogen-bond donors (Lipinski definition) is 4. The maximum absolute atomic E-state index is 13.3. The molecule has 0 aromatic rings. The van der Waals surface area contributed by atoms with Crippen molar-refractivity contribution in [2.75, 3.05) is 13.1 Å². The second-order valence-electron chi connectivity index (χ2n) is 13.6. The lowest BCUT2D eigenvalue weighted by Crippen LogP contribution is -2.57. The first-order valence-electron chi connectivity index (χ1n) is 18.7. The molecular formula is C37H67N5O5. The Hall–Kier alpha value is -2.91. The quantitative estimate of drug-likeness (QED) is 0.0736. The lowest BCUT2D eigenvalue weighted by atomic mass is 10.0. The summed E-state index contributed by atoms with van der Waals surface area (Å²) in [5.74, 6) is -1.71. The van der Waals surface area contributed by atoms with Gasteiger partial charge in [-0.25, -0.2) is 0 Å². The van der Waals surface area contributed by atoms with Crippen molar-refractivity contribution in [1.82, 2.24) is 26.2 Å². The van der Waals surface area contributed by atoms with Crippen LogP contribution in [0, 0.1) is 5.92 Å². The van der Waals surface area contributed by atoms with E-state index in [1.807, 2.05) is 20.8 Å². The van der Waals surface area contributed by atoms with Gasteiger partial charge >= 0.3 is 0 Å². The first kappa shape index (κ1) is 42.1. The summed E-state index contributed by atoms with van der Waals surface area (Å²) in [6.07, 6.45) is 22.4. The van der Waals surface area contributed by atoms with Crippen LogP contribution in [0.3, 0.4) is 0 Å². The zero-order chi connectivity index (χ0) is 35.0. The predicted octanol–water partition coefficient (Wildman–Crippen LogP) is 5.69. The molecule has 10 nitrogen and oxygen atoms in total. The second-order valence-corrected chi connectivity index (χ2v) is 13.6. The Morgan fingerprint density at radius 1 is 0.702 bits per heavy atom. The summed E-state index contributed by atoms with van der Waals surface area (Å²) in [6, 6.07) is -3.05. The summed E-state index contributed by atoms with van der Waals surface area (Å²) >= 11 is 0. The molecule has 0 spiro atoms. The molecule has 4 atom stereocenters. The van der Waals surface area contributed by atoms with Crippen molar-refractivity contribution < 1.29 is 24.0 Å². The van der Waals surface area contributed by atoms with Gasteiger partial charge < -0.3 is 26.2 Å². The fourth-order valence-corrected chi connectivity index (χ4v) is 5.83. The molecule has 0 bridgehead atoms. The third-order valence-corrected chi connectivity index (χ3v) is 8.80. The summed E-state index contributed by atoms with van der Waals surface area (Å²) in [7, 11) is 0. The second kappa shape index (κ2) is 25.2. The van der Waals surface area contributed by atoms with Crippen LogP contribution in [-0.2, 0) is 24.0 Å². The summed E-state index contributed by atoms with van der Waals surface area (Å²) in [5, 5.41) is 11.1. The Bertz CT molecular complexity index is 969. The van der Waals surface area contributed by atoms with E-state index >= 15 is 0 Å². The van der Waals surface area contributed by atoms with E-state index in [0.717, 1.165) is 38.5 Å². The van der Waals surface area contributed by atoms with Crippen molar-refractivity contribution >= 4 is 29.5 Å². The summed E-state index contributed by atoms with van der Waals surface area (Å²) in [5.41, 5.74) is 0. The van der Waals surface area contributed by atoms with E-state index < -0.39 is 30.1 Å². The summed E-state index contributed by atoms with van der Waals surface area (Å²) < 4.78 is 0. The minimum Gasteiger partial charge on any atom is -0.354 e. The zero-order valence-corrected chi connectivity index (χ0v) is 30.5. The number of carbonyl (C=O) groups is 5. The van der Waals surface area contributed by atoms with Crippen LogP contribution < -0.4 is 21.3 Å². The first-order chi connectivity index (χ1) is 22.5. The van der Waals surface area contributed by atoms with E-state index in [1.165, 1.54) is 56.3 Å². The van der Waals surface area contributed by atoms with Crippen LogP contribution in [0.2, 0.25) is 0 Å². The monoisotopic (exact) mass is 662 g/mol. The van der Waals surface area contributed by atoms with Crippen LogP contribution in [0.15, 0.2) is 12.2 Å². The maximum atomic E-state index is 13.3. The number of nitrogens with one attached hydrogen (secondary N) is 4. The van der Waals surface area contributed by atoms with E-state index in [4.69, 9.17) is 0 Å². The molecule has 0 saturated carbocycles. The number of rotatable bonds is 25. The lowest BCUT2D eigenvalue weighted by Gasteiger charge is -2.29.